The van der Waals surface area contributed by atoms with E-state index in [0.717, 1.165) is 24.3 Å². The highest BCUT2D eigenvalue weighted by Gasteiger charge is 2.32. The molecule has 0 atom stereocenters. The molecule has 164 valence electrons. The number of alkyl halides is 6. The molecule has 0 amide bonds. The summed E-state index contributed by atoms with van der Waals surface area (Å²) < 4.78 is 83.2. The summed E-state index contributed by atoms with van der Waals surface area (Å²) in [6.45, 7) is 1.92. The predicted molar refractivity (Wildman–Crippen MR) is 102 cm³/mol. The second-order valence-electron chi connectivity index (χ2n) is 6.91. The molecular weight excluding hydrogens is 426 g/mol. The molecule has 4 rings (SSSR count). The summed E-state index contributed by atoms with van der Waals surface area (Å²) in [5, 5.41) is 3.29. The Balaban J connectivity index is 1.76. The first-order valence-electron chi connectivity index (χ1n) is 9.26. The van der Waals surface area contributed by atoms with Crippen molar-refractivity contribution in [3.05, 3.63) is 53.7 Å². The van der Waals surface area contributed by atoms with Gasteiger partial charge in [0.25, 0.3) is 0 Å². The monoisotopic (exact) mass is 442 g/mol. The van der Waals surface area contributed by atoms with Crippen LogP contribution in [0.4, 0.5) is 43.7 Å². The van der Waals surface area contributed by atoms with Gasteiger partial charge in [-0.25, -0.2) is 9.97 Å². The molecule has 0 spiro atoms. The Morgan fingerprint density at radius 2 is 1.55 bits per heavy atom. The normalized spacial score (nSPS) is 15.4. The zero-order chi connectivity index (χ0) is 22.2. The van der Waals surface area contributed by atoms with E-state index in [2.05, 4.69) is 15.3 Å². The van der Waals surface area contributed by atoms with Crippen LogP contribution in [0.3, 0.4) is 0 Å². The maximum Gasteiger partial charge on any atom is 0.417 e. The Hall–Kier alpha value is -3.08. The smallest absolute Gasteiger partial charge is 0.378 e. The van der Waals surface area contributed by atoms with Crippen LogP contribution >= 0.6 is 0 Å². The highest BCUT2D eigenvalue weighted by atomic mass is 19.4. The molecule has 31 heavy (non-hydrogen) atoms. The van der Waals surface area contributed by atoms with E-state index >= 15 is 0 Å². The molecule has 1 fully saturated rings. The molecule has 2 aromatic heterocycles. The van der Waals surface area contributed by atoms with Crippen molar-refractivity contribution in [1.82, 2.24) is 9.97 Å². The summed E-state index contributed by atoms with van der Waals surface area (Å²) in [5.41, 5.74) is -1.26. The number of ether oxygens (including phenoxy) is 1. The Morgan fingerprint density at radius 3 is 2.16 bits per heavy atom. The van der Waals surface area contributed by atoms with E-state index in [1.165, 1.54) is 6.07 Å². The molecule has 3 aromatic rings. The standard InChI is InChI=1S/C20H16F6N4O/c21-19(22,23)12-1-3-14-15(9-12)29-18(30-5-7-31-8-6-30)10-16(14)28-17-4-2-13(11-27-17)20(24,25)26/h1-4,9-11H,5-8H2,(H,27,28,29). The molecule has 0 unspecified atom stereocenters. The molecule has 1 saturated heterocycles. The molecule has 0 aliphatic carbocycles. The molecule has 11 heteroatoms. The van der Waals surface area contributed by atoms with Crippen molar-refractivity contribution in [1.29, 1.82) is 0 Å². The highest BCUT2D eigenvalue weighted by molar-refractivity contribution is 5.95. The van der Waals surface area contributed by atoms with Crippen molar-refractivity contribution >= 4 is 28.2 Å². The van der Waals surface area contributed by atoms with Gasteiger partial charge in [-0.15, -0.1) is 0 Å². The molecule has 1 aromatic carbocycles. The van der Waals surface area contributed by atoms with E-state index in [4.69, 9.17) is 4.74 Å². The first-order valence-corrected chi connectivity index (χ1v) is 9.26. The van der Waals surface area contributed by atoms with Crippen LogP contribution in [0.2, 0.25) is 0 Å². The molecule has 0 saturated carbocycles. The number of anilines is 3. The Morgan fingerprint density at radius 1 is 0.871 bits per heavy atom. The van der Waals surface area contributed by atoms with Crippen LogP contribution in [-0.2, 0) is 17.1 Å². The summed E-state index contributed by atoms with van der Waals surface area (Å²) in [5.74, 6) is 0.554. The van der Waals surface area contributed by atoms with Crippen molar-refractivity contribution in [2.24, 2.45) is 0 Å². The quantitative estimate of drug-likeness (QED) is 0.562. The van der Waals surface area contributed by atoms with Gasteiger partial charge in [-0.05, 0) is 24.3 Å². The molecule has 3 heterocycles. The Kier molecular flexibility index (Phi) is 5.38. The minimum atomic E-state index is -4.53. The third-order valence-corrected chi connectivity index (χ3v) is 4.81. The third kappa shape index (κ3) is 4.66. The number of nitrogens with one attached hydrogen (secondary N) is 1. The van der Waals surface area contributed by atoms with Gasteiger partial charge in [0.2, 0.25) is 0 Å². The summed E-state index contributed by atoms with van der Waals surface area (Å²) in [6, 6.07) is 6.84. The van der Waals surface area contributed by atoms with Crippen molar-refractivity contribution in [2.45, 2.75) is 12.4 Å². The van der Waals surface area contributed by atoms with Crippen LogP contribution in [-0.4, -0.2) is 36.3 Å². The van der Waals surface area contributed by atoms with Gasteiger partial charge in [0.05, 0.1) is 35.5 Å². The van der Waals surface area contributed by atoms with Gasteiger partial charge in [0.1, 0.15) is 11.6 Å². The minimum absolute atomic E-state index is 0.105. The third-order valence-electron chi connectivity index (χ3n) is 4.81. The summed E-state index contributed by atoms with van der Waals surface area (Å²) in [7, 11) is 0. The van der Waals surface area contributed by atoms with E-state index in [0.29, 0.717) is 49.4 Å². The maximum atomic E-state index is 13.2. The van der Waals surface area contributed by atoms with Crippen LogP contribution in [0.15, 0.2) is 42.6 Å². The second kappa shape index (κ2) is 7.88. The van der Waals surface area contributed by atoms with E-state index in [1.54, 1.807) is 6.07 Å². The number of nitrogens with zero attached hydrogens (tertiary/aromatic N) is 3. The number of benzene rings is 1. The van der Waals surface area contributed by atoms with Gasteiger partial charge in [-0.2, -0.15) is 26.3 Å². The number of aromatic nitrogens is 2. The first kappa shape index (κ1) is 21.2. The van der Waals surface area contributed by atoms with E-state index in [-0.39, 0.29) is 11.3 Å². The van der Waals surface area contributed by atoms with Crippen LogP contribution in [0, 0.1) is 0 Å². The minimum Gasteiger partial charge on any atom is -0.378 e. The lowest BCUT2D eigenvalue weighted by Crippen LogP contribution is -2.36. The number of fused-ring (bicyclic) bond motifs is 1. The maximum absolute atomic E-state index is 13.2. The SMILES string of the molecule is FC(F)(F)c1ccc(Nc2cc(N3CCOCC3)nc3cc(C(F)(F)F)ccc23)nc1. The Bertz CT molecular complexity index is 1080. The van der Waals surface area contributed by atoms with Crippen molar-refractivity contribution in [3.8, 4) is 0 Å². The van der Waals surface area contributed by atoms with Crippen LogP contribution in [0.1, 0.15) is 11.1 Å². The van der Waals surface area contributed by atoms with Crippen LogP contribution in [0.5, 0.6) is 0 Å². The summed E-state index contributed by atoms with van der Waals surface area (Å²) in [6.07, 6.45) is -8.36. The lowest BCUT2D eigenvalue weighted by atomic mass is 10.1. The fraction of sp³-hybridized carbons (Fsp3) is 0.300. The largest absolute Gasteiger partial charge is 0.417 e. The van der Waals surface area contributed by atoms with Gasteiger partial charge in [-0.1, -0.05) is 6.07 Å². The van der Waals surface area contributed by atoms with E-state index in [1.807, 2.05) is 4.90 Å². The molecule has 1 aliphatic rings. The van der Waals surface area contributed by atoms with Crippen LogP contribution < -0.4 is 10.2 Å². The van der Waals surface area contributed by atoms with Gasteiger partial charge in [0, 0.05) is 30.7 Å². The lowest BCUT2D eigenvalue weighted by Gasteiger charge is -2.28. The molecule has 5 nitrogen and oxygen atoms in total. The first-order chi connectivity index (χ1) is 14.6. The van der Waals surface area contributed by atoms with Gasteiger partial charge >= 0.3 is 12.4 Å². The number of hydrogen-bond acceptors (Lipinski definition) is 5. The predicted octanol–water partition coefficient (Wildman–Crippen LogP) is 5.25. The van der Waals surface area contributed by atoms with Crippen molar-refractivity contribution in [3.63, 3.8) is 0 Å². The van der Waals surface area contributed by atoms with Crippen molar-refractivity contribution < 1.29 is 31.1 Å². The van der Waals surface area contributed by atoms with E-state index in [9.17, 15) is 26.3 Å². The molecule has 1 N–H and O–H groups in total. The second-order valence-corrected chi connectivity index (χ2v) is 6.91. The highest BCUT2D eigenvalue weighted by Crippen LogP contribution is 2.35. The summed E-state index contributed by atoms with van der Waals surface area (Å²) >= 11 is 0. The molecule has 1 aliphatic heterocycles. The molecule has 0 bridgehead atoms. The topological polar surface area (TPSA) is 50.3 Å². The number of hydrogen-bond donors (Lipinski definition) is 1. The number of morpholine rings is 1. The van der Waals surface area contributed by atoms with Crippen molar-refractivity contribution in [2.75, 3.05) is 36.5 Å². The molecule has 0 radical (unpaired) electrons. The zero-order valence-corrected chi connectivity index (χ0v) is 15.9. The van der Waals surface area contributed by atoms with Crippen LogP contribution in [0.25, 0.3) is 10.9 Å². The fourth-order valence-electron chi connectivity index (χ4n) is 3.22. The summed E-state index contributed by atoms with van der Waals surface area (Å²) in [4.78, 5) is 10.0. The van der Waals surface area contributed by atoms with Gasteiger partial charge in [0.15, 0.2) is 0 Å². The molecular formula is C20H16F6N4O. The number of halogens is 6. The number of pyridine rings is 2. The van der Waals surface area contributed by atoms with E-state index < -0.39 is 23.5 Å². The average molecular weight is 442 g/mol. The lowest BCUT2D eigenvalue weighted by molar-refractivity contribution is -0.138. The fourth-order valence-corrected chi connectivity index (χ4v) is 3.22. The zero-order valence-electron chi connectivity index (χ0n) is 15.9. The van der Waals surface area contributed by atoms with Gasteiger partial charge < -0.3 is 15.0 Å². The van der Waals surface area contributed by atoms with Gasteiger partial charge in [-0.3, -0.25) is 0 Å². The Labute approximate surface area is 172 Å². The number of rotatable bonds is 3. The average Bonchev–Trinajstić information content (AvgIpc) is 2.73.